The van der Waals surface area contributed by atoms with Crippen LogP contribution in [0.2, 0.25) is 0 Å². The lowest BCUT2D eigenvalue weighted by molar-refractivity contribution is -0.118. The molecular formula is C21H24N2O6. The van der Waals surface area contributed by atoms with Crippen LogP contribution in [0.3, 0.4) is 0 Å². The fourth-order valence-corrected chi connectivity index (χ4v) is 2.46. The maximum atomic E-state index is 12.3. The van der Waals surface area contributed by atoms with Gasteiger partial charge < -0.3 is 24.8 Å². The minimum atomic E-state index is -0.458. The molecule has 2 aromatic rings. The average molecular weight is 400 g/mol. The van der Waals surface area contributed by atoms with Crippen LogP contribution in [0.5, 0.6) is 17.2 Å². The van der Waals surface area contributed by atoms with Gasteiger partial charge in [0.25, 0.3) is 5.91 Å². The normalized spacial score (nSPS) is 10.0. The van der Waals surface area contributed by atoms with Crippen LogP contribution in [-0.2, 0) is 9.59 Å². The molecule has 0 bridgehead atoms. The molecular weight excluding hydrogens is 376 g/mol. The Hall–Kier alpha value is -3.55. The first-order valence-corrected chi connectivity index (χ1v) is 9.07. The van der Waals surface area contributed by atoms with Gasteiger partial charge in [0, 0.05) is 18.7 Å². The fraction of sp³-hybridized carbons (Fsp3) is 0.286. The minimum Gasteiger partial charge on any atom is -0.495 e. The van der Waals surface area contributed by atoms with Gasteiger partial charge in [0.2, 0.25) is 5.91 Å². The second-order valence-electron chi connectivity index (χ2n) is 6.10. The van der Waals surface area contributed by atoms with E-state index >= 15 is 0 Å². The van der Waals surface area contributed by atoms with Crippen LogP contribution in [-0.4, -0.2) is 38.4 Å². The summed E-state index contributed by atoms with van der Waals surface area (Å²) >= 11 is 0. The molecule has 2 N–H and O–H groups in total. The van der Waals surface area contributed by atoms with E-state index in [1.54, 1.807) is 36.4 Å². The van der Waals surface area contributed by atoms with Crippen LogP contribution >= 0.6 is 0 Å². The molecule has 154 valence electrons. The first-order valence-electron chi connectivity index (χ1n) is 9.07. The van der Waals surface area contributed by atoms with Crippen LogP contribution in [0, 0.1) is 0 Å². The zero-order valence-corrected chi connectivity index (χ0v) is 16.6. The van der Waals surface area contributed by atoms with Crippen molar-refractivity contribution in [3.05, 3.63) is 42.0 Å². The van der Waals surface area contributed by atoms with Crippen molar-refractivity contribution in [2.24, 2.45) is 0 Å². The summed E-state index contributed by atoms with van der Waals surface area (Å²) in [7, 11) is 1.47. The summed E-state index contributed by atoms with van der Waals surface area (Å²) in [5.41, 5.74) is 1.20. The molecule has 0 fully saturated rings. The number of rotatable bonds is 10. The molecule has 29 heavy (non-hydrogen) atoms. The molecule has 2 aromatic carbocycles. The van der Waals surface area contributed by atoms with E-state index in [0.29, 0.717) is 41.3 Å². The number of anilines is 2. The SMILES string of the molecule is CCCOc1ccc(C=O)c(OCC(=O)Nc2cc(NC(C)=O)ccc2OC)c1. The molecule has 0 aliphatic heterocycles. The van der Waals surface area contributed by atoms with E-state index in [9.17, 15) is 14.4 Å². The average Bonchev–Trinajstić information content (AvgIpc) is 2.70. The lowest BCUT2D eigenvalue weighted by atomic mass is 10.2. The molecule has 0 aliphatic rings. The van der Waals surface area contributed by atoms with Gasteiger partial charge in [-0.25, -0.2) is 0 Å². The maximum absolute atomic E-state index is 12.3. The van der Waals surface area contributed by atoms with E-state index in [1.165, 1.54) is 14.0 Å². The molecule has 0 atom stereocenters. The lowest BCUT2D eigenvalue weighted by Gasteiger charge is -2.14. The molecule has 8 heteroatoms. The fourth-order valence-electron chi connectivity index (χ4n) is 2.46. The summed E-state index contributed by atoms with van der Waals surface area (Å²) in [6.45, 7) is 3.58. The summed E-state index contributed by atoms with van der Waals surface area (Å²) < 4.78 is 16.3. The standard InChI is InChI=1S/C21H24N2O6/c1-4-9-28-17-7-5-15(12-24)20(11-17)29-13-21(26)23-18-10-16(22-14(2)25)6-8-19(18)27-3/h5-8,10-12H,4,9,13H2,1-3H3,(H,22,25)(H,23,26). The molecule has 0 unspecified atom stereocenters. The molecule has 0 heterocycles. The summed E-state index contributed by atoms with van der Waals surface area (Å²) in [5, 5.41) is 5.31. The molecule has 0 spiro atoms. The Bertz CT molecular complexity index is 881. The Kier molecular flexibility index (Phi) is 8.02. The summed E-state index contributed by atoms with van der Waals surface area (Å²) in [5.74, 6) is 0.540. The third kappa shape index (κ3) is 6.53. The Morgan fingerprint density at radius 3 is 2.48 bits per heavy atom. The van der Waals surface area contributed by atoms with Crippen LogP contribution in [0.1, 0.15) is 30.6 Å². The van der Waals surface area contributed by atoms with Crippen LogP contribution in [0.4, 0.5) is 11.4 Å². The van der Waals surface area contributed by atoms with Gasteiger partial charge >= 0.3 is 0 Å². The Labute approximate surface area is 169 Å². The van der Waals surface area contributed by atoms with Crippen LogP contribution < -0.4 is 24.8 Å². The quantitative estimate of drug-likeness (QED) is 0.594. The van der Waals surface area contributed by atoms with Crippen molar-refractivity contribution in [2.75, 3.05) is 31.0 Å². The number of carbonyl (C=O) groups is 3. The Balaban J connectivity index is 2.08. The highest BCUT2D eigenvalue weighted by atomic mass is 16.5. The van der Waals surface area contributed by atoms with Crippen molar-refractivity contribution < 1.29 is 28.6 Å². The Morgan fingerprint density at radius 1 is 1.03 bits per heavy atom. The number of hydrogen-bond acceptors (Lipinski definition) is 6. The lowest BCUT2D eigenvalue weighted by Crippen LogP contribution is -2.21. The first kappa shape index (κ1) is 21.7. The molecule has 2 rings (SSSR count). The van der Waals surface area contributed by atoms with Gasteiger partial charge in [0.05, 0.1) is 25.0 Å². The Morgan fingerprint density at radius 2 is 1.83 bits per heavy atom. The van der Waals surface area contributed by atoms with Crippen LogP contribution in [0.25, 0.3) is 0 Å². The minimum absolute atomic E-state index is 0.234. The van der Waals surface area contributed by atoms with Gasteiger partial charge in [-0.3, -0.25) is 14.4 Å². The van der Waals surface area contributed by atoms with E-state index in [0.717, 1.165) is 6.42 Å². The number of nitrogens with one attached hydrogen (secondary N) is 2. The number of methoxy groups -OCH3 is 1. The van der Waals surface area contributed by atoms with E-state index < -0.39 is 5.91 Å². The van der Waals surface area contributed by atoms with Gasteiger partial charge in [0.1, 0.15) is 17.2 Å². The highest BCUT2D eigenvalue weighted by Gasteiger charge is 2.12. The number of carbonyl (C=O) groups excluding carboxylic acids is 3. The highest BCUT2D eigenvalue weighted by Crippen LogP contribution is 2.28. The molecule has 0 aromatic heterocycles. The molecule has 0 radical (unpaired) electrons. The topological polar surface area (TPSA) is 103 Å². The van der Waals surface area contributed by atoms with E-state index in [4.69, 9.17) is 14.2 Å². The second kappa shape index (κ2) is 10.7. The third-order valence-electron chi connectivity index (χ3n) is 3.74. The zero-order valence-electron chi connectivity index (χ0n) is 16.6. The van der Waals surface area contributed by atoms with Crippen molar-refractivity contribution in [3.8, 4) is 17.2 Å². The highest BCUT2D eigenvalue weighted by molar-refractivity contribution is 5.95. The number of benzene rings is 2. The van der Waals surface area contributed by atoms with Crippen molar-refractivity contribution in [1.29, 1.82) is 0 Å². The van der Waals surface area contributed by atoms with Crippen molar-refractivity contribution in [3.63, 3.8) is 0 Å². The van der Waals surface area contributed by atoms with Crippen molar-refractivity contribution in [2.45, 2.75) is 20.3 Å². The van der Waals surface area contributed by atoms with E-state index in [2.05, 4.69) is 10.6 Å². The number of ether oxygens (including phenoxy) is 3. The summed E-state index contributed by atoms with van der Waals surface area (Å²) in [4.78, 5) is 34.8. The third-order valence-corrected chi connectivity index (χ3v) is 3.74. The first-order chi connectivity index (χ1) is 14.0. The second-order valence-corrected chi connectivity index (χ2v) is 6.10. The van der Waals surface area contributed by atoms with Gasteiger partial charge in [-0.05, 0) is 36.8 Å². The van der Waals surface area contributed by atoms with Gasteiger partial charge in [0.15, 0.2) is 12.9 Å². The van der Waals surface area contributed by atoms with Crippen molar-refractivity contribution >= 4 is 29.5 Å². The number of aldehydes is 1. The molecule has 0 saturated carbocycles. The van der Waals surface area contributed by atoms with Gasteiger partial charge in [-0.15, -0.1) is 0 Å². The predicted octanol–water partition coefficient (Wildman–Crippen LogP) is 3.27. The predicted molar refractivity (Wildman–Crippen MR) is 109 cm³/mol. The summed E-state index contributed by atoms with van der Waals surface area (Å²) in [6, 6.07) is 9.68. The summed E-state index contributed by atoms with van der Waals surface area (Å²) in [6.07, 6.45) is 1.49. The maximum Gasteiger partial charge on any atom is 0.262 e. The smallest absolute Gasteiger partial charge is 0.262 e. The van der Waals surface area contributed by atoms with E-state index in [-0.39, 0.29) is 18.3 Å². The van der Waals surface area contributed by atoms with Crippen LogP contribution in [0.15, 0.2) is 36.4 Å². The van der Waals surface area contributed by atoms with E-state index in [1.807, 2.05) is 6.92 Å². The monoisotopic (exact) mass is 400 g/mol. The molecule has 0 aliphatic carbocycles. The largest absolute Gasteiger partial charge is 0.495 e. The zero-order chi connectivity index (χ0) is 21.2. The molecule has 8 nitrogen and oxygen atoms in total. The molecule has 2 amide bonds. The van der Waals surface area contributed by atoms with Gasteiger partial charge in [-0.2, -0.15) is 0 Å². The number of hydrogen-bond donors (Lipinski definition) is 2. The molecule has 0 saturated heterocycles. The van der Waals surface area contributed by atoms with Crippen molar-refractivity contribution in [1.82, 2.24) is 0 Å². The number of amides is 2. The van der Waals surface area contributed by atoms with Gasteiger partial charge in [-0.1, -0.05) is 6.92 Å².